The fraction of sp³-hybridized carbons (Fsp3) is 0.758. The maximum Gasteiger partial charge on any atom is 0.251 e. The molecule has 0 aliphatic heterocycles. The van der Waals surface area contributed by atoms with Crippen molar-refractivity contribution in [1.29, 1.82) is 0 Å². The van der Waals surface area contributed by atoms with Gasteiger partial charge in [-0.25, -0.2) is 0 Å². The lowest BCUT2D eigenvalue weighted by molar-refractivity contribution is -0.116. The highest BCUT2D eigenvalue weighted by Crippen LogP contribution is 2.15. The van der Waals surface area contributed by atoms with Gasteiger partial charge in [0.25, 0.3) is 5.91 Å². The SMILES string of the molecule is CCCCCCCCCCCCCCCCCCCCCC(=O)Nc1ccc(C(=O)NCCCC)cc1. The van der Waals surface area contributed by atoms with Crippen LogP contribution in [0, 0.1) is 0 Å². The Morgan fingerprint density at radius 2 is 0.946 bits per heavy atom. The molecule has 0 heterocycles. The van der Waals surface area contributed by atoms with E-state index in [9.17, 15) is 9.59 Å². The quantitative estimate of drug-likeness (QED) is 0.128. The molecule has 0 unspecified atom stereocenters. The van der Waals surface area contributed by atoms with Crippen LogP contribution < -0.4 is 10.6 Å². The highest BCUT2D eigenvalue weighted by atomic mass is 16.2. The number of hydrogen-bond donors (Lipinski definition) is 2. The van der Waals surface area contributed by atoms with Crippen molar-refractivity contribution in [2.24, 2.45) is 0 Å². The Bertz CT molecular complexity index is 671. The van der Waals surface area contributed by atoms with Crippen molar-refractivity contribution in [2.75, 3.05) is 11.9 Å². The molecule has 0 spiro atoms. The van der Waals surface area contributed by atoms with Gasteiger partial charge in [0.15, 0.2) is 0 Å². The zero-order valence-corrected chi connectivity index (χ0v) is 24.4. The molecule has 0 bridgehead atoms. The van der Waals surface area contributed by atoms with E-state index in [1.165, 1.54) is 109 Å². The van der Waals surface area contributed by atoms with E-state index in [1.54, 1.807) is 12.1 Å². The predicted molar refractivity (Wildman–Crippen MR) is 160 cm³/mol. The Hall–Kier alpha value is -1.84. The van der Waals surface area contributed by atoms with Gasteiger partial charge in [0, 0.05) is 24.2 Å². The van der Waals surface area contributed by atoms with Crippen LogP contribution in [-0.2, 0) is 4.79 Å². The largest absolute Gasteiger partial charge is 0.352 e. The van der Waals surface area contributed by atoms with Gasteiger partial charge in [0.2, 0.25) is 5.91 Å². The Kier molecular flexibility index (Phi) is 22.0. The molecule has 0 aliphatic rings. The van der Waals surface area contributed by atoms with Crippen LogP contribution in [0.25, 0.3) is 0 Å². The first-order valence-corrected chi connectivity index (χ1v) is 15.9. The second kappa shape index (κ2) is 24.5. The van der Waals surface area contributed by atoms with Crippen molar-refractivity contribution in [3.8, 4) is 0 Å². The summed E-state index contributed by atoms with van der Waals surface area (Å²) in [5, 5.41) is 5.86. The number of hydrogen-bond acceptors (Lipinski definition) is 2. The van der Waals surface area contributed by atoms with E-state index < -0.39 is 0 Å². The number of benzene rings is 1. The van der Waals surface area contributed by atoms with E-state index in [1.807, 2.05) is 12.1 Å². The van der Waals surface area contributed by atoms with E-state index in [0.29, 0.717) is 18.5 Å². The molecule has 0 aromatic heterocycles. The minimum absolute atomic E-state index is 0.0552. The molecule has 212 valence electrons. The molecular weight excluding hydrogens is 456 g/mol. The normalized spacial score (nSPS) is 11.0. The standard InChI is InChI=1S/C33H58N2O2/c1-3-5-7-8-9-10-11-12-13-14-15-16-17-18-19-20-21-22-23-24-32(36)35-31-27-25-30(26-28-31)33(37)34-29-6-4-2/h25-28H,3-24,29H2,1-2H3,(H,34,37)(H,35,36). The van der Waals surface area contributed by atoms with Crippen LogP contribution >= 0.6 is 0 Å². The molecule has 0 aliphatic carbocycles. The molecule has 1 aromatic carbocycles. The lowest BCUT2D eigenvalue weighted by Gasteiger charge is -2.07. The molecule has 2 amide bonds. The molecule has 4 nitrogen and oxygen atoms in total. The highest BCUT2D eigenvalue weighted by molar-refractivity contribution is 5.95. The zero-order chi connectivity index (χ0) is 26.8. The average Bonchev–Trinajstić information content (AvgIpc) is 2.90. The van der Waals surface area contributed by atoms with Gasteiger partial charge < -0.3 is 10.6 Å². The van der Waals surface area contributed by atoms with Crippen molar-refractivity contribution < 1.29 is 9.59 Å². The van der Waals surface area contributed by atoms with Crippen molar-refractivity contribution in [3.63, 3.8) is 0 Å². The molecule has 2 N–H and O–H groups in total. The van der Waals surface area contributed by atoms with Gasteiger partial charge in [-0.2, -0.15) is 0 Å². The smallest absolute Gasteiger partial charge is 0.251 e. The van der Waals surface area contributed by atoms with Gasteiger partial charge >= 0.3 is 0 Å². The zero-order valence-electron chi connectivity index (χ0n) is 24.4. The summed E-state index contributed by atoms with van der Waals surface area (Å²) in [5.41, 5.74) is 1.39. The molecule has 4 heteroatoms. The van der Waals surface area contributed by atoms with Gasteiger partial charge in [-0.05, 0) is 37.1 Å². The van der Waals surface area contributed by atoms with Crippen LogP contribution in [-0.4, -0.2) is 18.4 Å². The first-order valence-electron chi connectivity index (χ1n) is 15.9. The number of nitrogens with one attached hydrogen (secondary N) is 2. The number of anilines is 1. The topological polar surface area (TPSA) is 58.2 Å². The third-order valence-electron chi connectivity index (χ3n) is 7.25. The van der Waals surface area contributed by atoms with Crippen molar-refractivity contribution in [1.82, 2.24) is 5.32 Å². The van der Waals surface area contributed by atoms with Crippen LogP contribution in [0.5, 0.6) is 0 Å². The van der Waals surface area contributed by atoms with Gasteiger partial charge in [0.1, 0.15) is 0 Å². The first-order chi connectivity index (χ1) is 18.2. The van der Waals surface area contributed by atoms with Crippen molar-refractivity contribution in [2.45, 2.75) is 155 Å². The summed E-state index contributed by atoms with van der Waals surface area (Å²) in [6, 6.07) is 7.16. The van der Waals surface area contributed by atoms with E-state index in [-0.39, 0.29) is 11.8 Å². The molecule has 0 saturated carbocycles. The lowest BCUT2D eigenvalue weighted by atomic mass is 10.0. The van der Waals surface area contributed by atoms with Gasteiger partial charge in [-0.15, -0.1) is 0 Å². The summed E-state index contributed by atoms with van der Waals surface area (Å²) in [6.07, 6.45) is 28.4. The molecule has 1 rings (SSSR count). The third-order valence-corrected chi connectivity index (χ3v) is 7.25. The molecule has 37 heavy (non-hydrogen) atoms. The van der Waals surface area contributed by atoms with Crippen LogP contribution in [0.15, 0.2) is 24.3 Å². The van der Waals surface area contributed by atoms with Gasteiger partial charge in [-0.1, -0.05) is 136 Å². The molecule has 0 fully saturated rings. The van der Waals surface area contributed by atoms with Gasteiger partial charge in [0.05, 0.1) is 0 Å². The number of carbonyl (C=O) groups excluding carboxylic acids is 2. The second-order valence-corrected chi connectivity index (χ2v) is 10.8. The summed E-state index contributed by atoms with van der Waals surface area (Å²) in [6.45, 7) is 5.09. The second-order valence-electron chi connectivity index (χ2n) is 10.8. The van der Waals surface area contributed by atoms with E-state index in [4.69, 9.17) is 0 Å². The average molecular weight is 515 g/mol. The number of amides is 2. The molecule has 0 atom stereocenters. The van der Waals surface area contributed by atoms with Crippen LogP contribution in [0.2, 0.25) is 0 Å². The van der Waals surface area contributed by atoms with Crippen LogP contribution in [0.3, 0.4) is 0 Å². The molecular formula is C33H58N2O2. The monoisotopic (exact) mass is 514 g/mol. The highest BCUT2D eigenvalue weighted by Gasteiger charge is 2.06. The van der Waals surface area contributed by atoms with Gasteiger partial charge in [-0.3, -0.25) is 9.59 Å². The number of rotatable bonds is 25. The summed E-state index contributed by atoms with van der Waals surface area (Å²) in [7, 11) is 0. The van der Waals surface area contributed by atoms with E-state index in [2.05, 4.69) is 24.5 Å². The molecule has 0 saturated heterocycles. The Labute approximate surface area is 229 Å². The first kappa shape index (κ1) is 33.2. The van der Waals surface area contributed by atoms with Crippen LogP contribution in [0.4, 0.5) is 5.69 Å². The minimum atomic E-state index is -0.0552. The summed E-state index contributed by atoms with van der Waals surface area (Å²) < 4.78 is 0. The van der Waals surface area contributed by atoms with Crippen molar-refractivity contribution >= 4 is 17.5 Å². The molecule has 0 radical (unpaired) electrons. The molecule has 1 aromatic rings. The minimum Gasteiger partial charge on any atom is -0.352 e. The summed E-state index contributed by atoms with van der Waals surface area (Å²) in [4.78, 5) is 24.2. The van der Waals surface area contributed by atoms with Crippen molar-refractivity contribution in [3.05, 3.63) is 29.8 Å². The van der Waals surface area contributed by atoms with E-state index >= 15 is 0 Å². The Morgan fingerprint density at radius 1 is 0.541 bits per heavy atom. The maximum atomic E-state index is 12.2. The lowest BCUT2D eigenvalue weighted by Crippen LogP contribution is -2.24. The fourth-order valence-electron chi connectivity index (χ4n) is 4.77. The Morgan fingerprint density at radius 3 is 1.38 bits per heavy atom. The van der Waals surface area contributed by atoms with Crippen LogP contribution in [0.1, 0.15) is 165 Å². The summed E-state index contributed by atoms with van der Waals surface area (Å²) in [5.74, 6) is 0.00697. The van der Waals surface area contributed by atoms with E-state index in [0.717, 1.165) is 31.4 Å². The predicted octanol–water partition coefficient (Wildman–Crippen LogP) is 9.98. The number of unbranched alkanes of at least 4 members (excludes halogenated alkanes) is 19. The Balaban J connectivity index is 1.88. The number of carbonyl (C=O) groups is 2. The fourth-order valence-corrected chi connectivity index (χ4v) is 4.77. The maximum absolute atomic E-state index is 12.2. The summed E-state index contributed by atoms with van der Waals surface area (Å²) >= 11 is 0. The third kappa shape index (κ3) is 19.9.